The van der Waals surface area contributed by atoms with Crippen LogP contribution in [0.4, 0.5) is 5.69 Å². The van der Waals surface area contributed by atoms with E-state index in [1.807, 2.05) is 14.1 Å². The van der Waals surface area contributed by atoms with Gasteiger partial charge in [0.1, 0.15) is 0 Å². The fourth-order valence-corrected chi connectivity index (χ4v) is 3.23. The van der Waals surface area contributed by atoms with E-state index in [9.17, 15) is 0 Å². The number of fused-ring (bicyclic) bond motifs is 1. The predicted octanol–water partition coefficient (Wildman–Crippen LogP) is 4.91. The number of rotatable bonds is 4. The Morgan fingerprint density at radius 2 is 1.86 bits per heavy atom. The predicted molar refractivity (Wildman–Crippen MR) is 98.4 cm³/mol. The standard InChI is InChI=1S/C19H19N2S/c1-4-18-20-19-15(6-5-7-17(19)22-18)11-8-14-9-12-16(13-10-14)21(2)3/h5-13H,1,4H2,2-3H3/b11-8+. The third-order valence-electron chi connectivity index (χ3n) is 3.57. The van der Waals surface area contributed by atoms with Crippen LogP contribution in [-0.4, -0.2) is 19.1 Å². The average molecular weight is 307 g/mol. The van der Waals surface area contributed by atoms with Crippen LogP contribution in [0.3, 0.4) is 0 Å². The summed E-state index contributed by atoms with van der Waals surface area (Å²) < 4.78 is 1.23. The molecule has 1 heterocycles. The third kappa shape index (κ3) is 3.04. The SMILES string of the molecule is [CH2]Cc1nc2c(/C=C/c3ccc(N(C)C)cc3)cccc2s1. The summed E-state index contributed by atoms with van der Waals surface area (Å²) in [6.45, 7) is 3.92. The molecule has 0 saturated heterocycles. The van der Waals surface area contributed by atoms with Crippen molar-refractivity contribution in [2.75, 3.05) is 19.0 Å². The largest absolute Gasteiger partial charge is 0.378 e. The zero-order valence-corrected chi connectivity index (χ0v) is 13.7. The second-order valence-electron chi connectivity index (χ2n) is 5.37. The highest BCUT2D eigenvalue weighted by Crippen LogP contribution is 2.26. The highest BCUT2D eigenvalue weighted by Gasteiger charge is 2.04. The summed E-state index contributed by atoms with van der Waals surface area (Å²) in [7, 11) is 4.10. The van der Waals surface area contributed by atoms with E-state index in [-0.39, 0.29) is 0 Å². The number of hydrogen-bond donors (Lipinski definition) is 0. The molecule has 0 aliphatic rings. The fourth-order valence-electron chi connectivity index (χ4n) is 2.33. The molecule has 111 valence electrons. The molecule has 0 unspecified atom stereocenters. The van der Waals surface area contributed by atoms with Crippen molar-refractivity contribution in [3.8, 4) is 0 Å². The van der Waals surface area contributed by atoms with Crippen molar-refractivity contribution in [1.29, 1.82) is 0 Å². The Morgan fingerprint density at radius 3 is 2.55 bits per heavy atom. The zero-order chi connectivity index (χ0) is 15.5. The summed E-state index contributed by atoms with van der Waals surface area (Å²) in [5.74, 6) is 0. The van der Waals surface area contributed by atoms with Gasteiger partial charge < -0.3 is 4.90 Å². The van der Waals surface area contributed by atoms with Gasteiger partial charge >= 0.3 is 0 Å². The van der Waals surface area contributed by atoms with Gasteiger partial charge in [-0.2, -0.15) is 0 Å². The van der Waals surface area contributed by atoms with Crippen molar-refractivity contribution < 1.29 is 0 Å². The molecule has 0 fully saturated rings. The van der Waals surface area contributed by atoms with E-state index in [2.05, 4.69) is 71.4 Å². The van der Waals surface area contributed by atoms with E-state index < -0.39 is 0 Å². The van der Waals surface area contributed by atoms with E-state index in [0.29, 0.717) is 0 Å². The molecule has 0 amide bonds. The zero-order valence-electron chi connectivity index (χ0n) is 12.9. The Kier molecular flexibility index (Phi) is 4.25. The molecule has 0 N–H and O–H groups in total. The highest BCUT2D eigenvalue weighted by atomic mass is 32.1. The van der Waals surface area contributed by atoms with Gasteiger partial charge in [-0.25, -0.2) is 4.98 Å². The van der Waals surface area contributed by atoms with Crippen molar-refractivity contribution in [3.05, 3.63) is 65.5 Å². The Labute approximate surface area is 135 Å². The molecular formula is C19H19N2S. The molecule has 3 rings (SSSR count). The van der Waals surface area contributed by atoms with Crippen molar-refractivity contribution in [2.24, 2.45) is 0 Å². The van der Waals surface area contributed by atoms with Crippen LogP contribution in [0.25, 0.3) is 22.4 Å². The minimum absolute atomic E-state index is 0.745. The Hall–Kier alpha value is -2.13. The van der Waals surface area contributed by atoms with Gasteiger partial charge in [0, 0.05) is 25.3 Å². The molecule has 0 aliphatic heterocycles. The van der Waals surface area contributed by atoms with Crippen LogP contribution < -0.4 is 4.90 Å². The van der Waals surface area contributed by atoms with Gasteiger partial charge in [0.15, 0.2) is 0 Å². The number of thiazole rings is 1. The van der Waals surface area contributed by atoms with Crippen molar-refractivity contribution >= 4 is 39.4 Å². The van der Waals surface area contributed by atoms with Crippen LogP contribution in [0.1, 0.15) is 16.1 Å². The van der Waals surface area contributed by atoms with Crippen LogP contribution in [-0.2, 0) is 6.42 Å². The number of anilines is 1. The number of aromatic nitrogens is 1. The third-order valence-corrected chi connectivity index (χ3v) is 4.65. The minimum Gasteiger partial charge on any atom is -0.378 e. The normalized spacial score (nSPS) is 11.4. The van der Waals surface area contributed by atoms with Crippen molar-refractivity contribution in [3.63, 3.8) is 0 Å². The molecule has 0 bridgehead atoms. The maximum Gasteiger partial charge on any atom is 0.0938 e. The molecule has 2 nitrogen and oxygen atoms in total. The quantitative estimate of drug-likeness (QED) is 0.637. The van der Waals surface area contributed by atoms with Gasteiger partial charge in [0.05, 0.1) is 15.2 Å². The maximum atomic E-state index is 4.68. The number of benzene rings is 2. The molecule has 0 saturated carbocycles. The molecule has 1 aromatic heterocycles. The first-order valence-electron chi connectivity index (χ1n) is 7.30. The lowest BCUT2D eigenvalue weighted by Gasteiger charge is -2.11. The maximum absolute atomic E-state index is 4.68. The van der Waals surface area contributed by atoms with Gasteiger partial charge in [0.2, 0.25) is 0 Å². The van der Waals surface area contributed by atoms with Crippen molar-refractivity contribution in [1.82, 2.24) is 4.98 Å². The van der Waals surface area contributed by atoms with Crippen LogP contribution in [0.15, 0.2) is 42.5 Å². The summed E-state index contributed by atoms with van der Waals surface area (Å²) in [6.07, 6.45) is 5.02. The van der Waals surface area contributed by atoms with E-state index in [4.69, 9.17) is 0 Å². The number of hydrogen-bond acceptors (Lipinski definition) is 3. The fraction of sp³-hybridized carbons (Fsp3) is 0.158. The molecule has 22 heavy (non-hydrogen) atoms. The van der Waals surface area contributed by atoms with E-state index in [1.165, 1.54) is 16.0 Å². The van der Waals surface area contributed by atoms with E-state index in [0.717, 1.165) is 22.5 Å². The van der Waals surface area contributed by atoms with Crippen LogP contribution >= 0.6 is 11.3 Å². The van der Waals surface area contributed by atoms with Gasteiger partial charge in [-0.3, -0.25) is 0 Å². The lowest BCUT2D eigenvalue weighted by atomic mass is 10.1. The van der Waals surface area contributed by atoms with E-state index >= 15 is 0 Å². The molecule has 1 radical (unpaired) electrons. The summed E-state index contributed by atoms with van der Waals surface area (Å²) in [5.41, 5.74) is 4.63. The first-order chi connectivity index (χ1) is 10.7. The van der Waals surface area contributed by atoms with Gasteiger partial charge in [-0.15, -0.1) is 11.3 Å². The molecule has 3 heteroatoms. The molecule has 3 aromatic rings. The van der Waals surface area contributed by atoms with Crippen molar-refractivity contribution in [2.45, 2.75) is 6.42 Å². The van der Waals surface area contributed by atoms with Crippen LogP contribution in [0.5, 0.6) is 0 Å². The van der Waals surface area contributed by atoms with Gasteiger partial charge in [-0.1, -0.05) is 36.4 Å². The topological polar surface area (TPSA) is 16.1 Å². The number of para-hydroxylation sites is 1. The van der Waals surface area contributed by atoms with Crippen LogP contribution in [0, 0.1) is 6.92 Å². The second-order valence-corrected chi connectivity index (χ2v) is 6.49. The monoisotopic (exact) mass is 307 g/mol. The second kappa shape index (κ2) is 6.32. The first-order valence-corrected chi connectivity index (χ1v) is 8.12. The molecule has 2 aromatic carbocycles. The highest BCUT2D eigenvalue weighted by molar-refractivity contribution is 7.18. The van der Waals surface area contributed by atoms with Gasteiger partial charge in [0.25, 0.3) is 0 Å². The first kappa shape index (κ1) is 14.8. The molecule has 0 atom stereocenters. The van der Waals surface area contributed by atoms with Crippen LogP contribution in [0.2, 0.25) is 0 Å². The summed E-state index contributed by atoms with van der Waals surface area (Å²) in [6, 6.07) is 14.8. The summed E-state index contributed by atoms with van der Waals surface area (Å²) in [5, 5.41) is 1.09. The summed E-state index contributed by atoms with van der Waals surface area (Å²) >= 11 is 1.73. The average Bonchev–Trinajstić information content (AvgIpc) is 2.97. The van der Waals surface area contributed by atoms with Gasteiger partial charge in [-0.05, 0) is 37.1 Å². The molecule has 0 spiro atoms. The molecular weight excluding hydrogens is 288 g/mol. The van der Waals surface area contributed by atoms with E-state index in [1.54, 1.807) is 11.3 Å². The lowest BCUT2D eigenvalue weighted by molar-refractivity contribution is 1.13. The minimum atomic E-state index is 0.745. The number of nitrogens with zero attached hydrogens (tertiary/aromatic N) is 2. The molecule has 0 aliphatic carbocycles. The smallest absolute Gasteiger partial charge is 0.0938 e. The lowest BCUT2D eigenvalue weighted by Crippen LogP contribution is -2.07. The Morgan fingerprint density at radius 1 is 1.09 bits per heavy atom. The Balaban J connectivity index is 1.90. The summed E-state index contributed by atoms with van der Waals surface area (Å²) in [4.78, 5) is 6.78. The Bertz CT molecular complexity index is 798.